The molecule has 6 nitrogen and oxygen atoms in total. The summed E-state index contributed by atoms with van der Waals surface area (Å²) in [7, 11) is 1.52. The predicted molar refractivity (Wildman–Crippen MR) is 107 cm³/mol. The van der Waals surface area contributed by atoms with Crippen molar-refractivity contribution < 1.29 is 37.3 Å². The molecule has 0 radical (unpaired) electrons. The maximum atomic E-state index is 13.0. The van der Waals surface area contributed by atoms with Crippen molar-refractivity contribution in [2.24, 2.45) is 0 Å². The number of aliphatic carboxylic acids is 1. The first-order valence-electron chi connectivity index (χ1n) is 9.29. The summed E-state index contributed by atoms with van der Waals surface area (Å²) in [4.78, 5) is 11.1. The van der Waals surface area contributed by atoms with E-state index in [9.17, 15) is 23.1 Å². The molecule has 0 aliphatic carbocycles. The van der Waals surface area contributed by atoms with Gasteiger partial charge in [-0.15, -0.1) is 0 Å². The van der Waals surface area contributed by atoms with Crippen LogP contribution in [0.5, 0.6) is 11.5 Å². The molecule has 1 N–H and O–H groups in total. The molecule has 1 heterocycles. The van der Waals surface area contributed by atoms with Gasteiger partial charge in [0.05, 0.1) is 23.2 Å². The van der Waals surface area contributed by atoms with Crippen LogP contribution >= 0.6 is 11.6 Å². The van der Waals surface area contributed by atoms with E-state index in [2.05, 4.69) is 5.32 Å². The third kappa shape index (κ3) is 6.18. The first-order chi connectivity index (χ1) is 14.5. The van der Waals surface area contributed by atoms with Crippen LogP contribution < -0.4 is 19.9 Å². The molecule has 31 heavy (non-hydrogen) atoms. The van der Waals surface area contributed by atoms with E-state index >= 15 is 0 Å². The summed E-state index contributed by atoms with van der Waals surface area (Å²) in [5.41, 5.74) is -2.15. The number of nitrogens with one attached hydrogen (secondary N) is 1. The molecular weight excluding hydrogens is 439 g/mol. The van der Waals surface area contributed by atoms with Crippen molar-refractivity contribution in [2.75, 3.05) is 20.3 Å². The van der Waals surface area contributed by atoms with Gasteiger partial charge in [-0.2, -0.15) is 13.2 Å². The van der Waals surface area contributed by atoms with Crippen molar-refractivity contribution in [3.63, 3.8) is 0 Å². The topological polar surface area (TPSA) is 79.9 Å². The zero-order chi connectivity index (χ0) is 23.2. The molecule has 0 bridgehead atoms. The van der Waals surface area contributed by atoms with E-state index in [4.69, 9.17) is 25.8 Å². The van der Waals surface area contributed by atoms with Crippen molar-refractivity contribution in [3.05, 3.63) is 52.2 Å². The highest BCUT2D eigenvalue weighted by Gasteiger charge is 2.42. The van der Waals surface area contributed by atoms with Gasteiger partial charge in [0.15, 0.2) is 0 Å². The molecule has 0 saturated heterocycles. The molecule has 0 fully saturated rings. The van der Waals surface area contributed by atoms with Crippen molar-refractivity contribution >= 4 is 23.6 Å². The number of allylic oxidation sites excluding steroid dienone is 2. The molecule has 0 saturated carbocycles. The van der Waals surface area contributed by atoms with Crippen molar-refractivity contribution in [3.8, 4) is 11.5 Å². The molecule has 1 aliphatic rings. The number of benzene rings is 1. The Morgan fingerprint density at radius 2 is 2.03 bits per heavy atom. The van der Waals surface area contributed by atoms with Gasteiger partial charge in [-0.25, -0.2) is 0 Å². The fraction of sp³-hybridized carbons (Fsp3) is 0.381. The van der Waals surface area contributed by atoms with E-state index in [-0.39, 0.29) is 29.4 Å². The van der Waals surface area contributed by atoms with Crippen LogP contribution in [0, 0.1) is 0 Å². The summed E-state index contributed by atoms with van der Waals surface area (Å²) in [6.45, 7) is 3.61. The molecule has 1 aromatic rings. The van der Waals surface area contributed by atoms with Crippen LogP contribution in [-0.2, 0) is 9.53 Å². The van der Waals surface area contributed by atoms with Crippen LogP contribution in [0.2, 0.25) is 0 Å². The lowest BCUT2D eigenvalue weighted by Gasteiger charge is -2.37. The van der Waals surface area contributed by atoms with E-state index in [0.717, 1.165) is 12.3 Å². The quantitative estimate of drug-likeness (QED) is 0.448. The Balaban J connectivity index is 2.45. The van der Waals surface area contributed by atoms with E-state index in [1.165, 1.54) is 26.2 Å². The summed E-state index contributed by atoms with van der Waals surface area (Å²) in [5, 5.41) is 13.5. The van der Waals surface area contributed by atoms with Crippen molar-refractivity contribution in [1.29, 1.82) is 0 Å². The minimum Gasteiger partial charge on any atom is -0.545 e. The smallest absolute Gasteiger partial charge is 0.417 e. The second-order valence-corrected chi connectivity index (χ2v) is 7.08. The third-order valence-electron chi connectivity index (χ3n) is 4.47. The molecular formula is C21H22ClF3NO5-. The normalized spacial score (nSPS) is 19.3. The summed E-state index contributed by atoms with van der Waals surface area (Å²) in [6.07, 6.45) is -1.51. The van der Waals surface area contributed by atoms with Crippen LogP contribution in [0.15, 0.2) is 46.7 Å². The number of halogens is 4. The van der Waals surface area contributed by atoms with Gasteiger partial charge in [-0.1, -0.05) is 18.5 Å². The molecule has 1 atom stereocenters. The van der Waals surface area contributed by atoms with Crippen molar-refractivity contribution in [1.82, 2.24) is 5.32 Å². The van der Waals surface area contributed by atoms with Crippen LogP contribution in [0.1, 0.15) is 25.8 Å². The molecule has 1 unspecified atom stereocenters. The summed E-state index contributed by atoms with van der Waals surface area (Å²) >= 11 is 6.21. The predicted octanol–water partition coefficient (Wildman–Crippen LogP) is 3.52. The number of carbonyl (C=O) groups is 1. The second-order valence-electron chi connectivity index (χ2n) is 6.67. The number of rotatable bonds is 9. The van der Waals surface area contributed by atoms with Gasteiger partial charge in [-0.3, -0.25) is 0 Å². The minimum atomic E-state index is -4.58. The number of ether oxygens (including phenoxy) is 3. The SMILES string of the molecule is CCC1(Oc2cc(OCCOC)ccc2/C=C(\C)C(=O)[O-])NC=C(C(F)(F)F)C=C1Cl. The van der Waals surface area contributed by atoms with Crippen LogP contribution in [0.3, 0.4) is 0 Å². The Bertz CT molecular complexity index is 911. The fourth-order valence-corrected chi connectivity index (χ4v) is 3.02. The van der Waals surface area contributed by atoms with Gasteiger partial charge >= 0.3 is 6.18 Å². The summed E-state index contributed by atoms with van der Waals surface area (Å²) < 4.78 is 55.6. The number of hydrogen-bond acceptors (Lipinski definition) is 6. The van der Waals surface area contributed by atoms with Crippen molar-refractivity contribution in [2.45, 2.75) is 32.2 Å². The highest BCUT2D eigenvalue weighted by molar-refractivity contribution is 6.31. The molecule has 2 rings (SSSR count). The standard InChI is InChI=1S/C21H23ClF3NO5/c1-4-20(18(22)10-15(12-26-20)21(23,24)25)31-17-11-16(30-8-7-29-3)6-5-14(17)9-13(2)19(27)28/h5-6,9-12,26H,4,7-8H2,1-3H3,(H,27,28)/p-1/b13-9+. The van der Waals surface area contributed by atoms with Gasteiger partial charge in [-0.05, 0) is 36.8 Å². The first kappa shape index (κ1) is 24.6. The van der Waals surface area contributed by atoms with E-state index in [0.29, 0.717) is 17.9 Å². The maximum Gasteiger partial charge on any atom is 0.417 e. The molecule has 10 heteroatoms. The lowest BCUT2D eigenvalue weighted by Crippen LogP contribution is -2.50. The Hall–Kier alpha value is -2.65. The number of carbonyl (C=O) groups excluding carboxylic acids is 1. The van der Waals surface area contributed by atoms with Crippen LogP contribution in [-0.4, -0.2) is 38.2 Å². The molecule has 0 spiro atoms. The maximum absolute atomic E-state index is 13.0. The number of alkyl halides is 3. The third-order valence-corrected chi connectivity index (χ3v) is 4.89. The number of hydrogen-bond donors (Lipinski definition) is 1. The Morgan fingerprint density at radius 1 is 1.32 bits per heavy atom. The van der Waals surface area contributed by atoms with E-state index in [1.807, 2.05) is 0 Å². The second kappa shape index (κ2) is 10.1. The van der Waals surface area contributed by atoms with E-state index in [1.54, 1.807) is 19.1 Å². The molecule has 0 amide bonds. The zero-order valence-corrected chi connectivity index (χ0v) is 17.9. The van der Waals surface area contributed by atoms with E-state index < -0.39 is 23.4 Å². The summed E-state index contributed by atoms with van der Waals surface area (Å²) in [5.74, 6) is -0.827. The van der Waals surface area contributed by atoms with Gasteiger partial charge in [0, 0.05) is 31.4 Å². The lowest BCUT2D eigenvalue weighted by molar-refractivity contribution is -0.299. The Kier molecular flexibility index (Phi) is 8.02. The fourth-order valence-electron chi connectivity index (χ4n) is 2.68. The Morgan fingerprint density at radius 3 is 2.58 bits per heavy atom. The average molecular weight is 461 g/mol. The molecule has 1 aromatic carbocycles. The first-order valence-corrected chi connectivity index (χ1v) is 9.67. The number of carboxylic acid groups (broad SMARTS) is 1. The summed E-state index contributed by atoms with van der Waals surface area (Å²) in [6, 6.07) is 4.66. The molecule has 1 aliphatic heterocycles. The van der Waals surface area contributed by atoms with Gasteiger partial charge in [0.25, 0.3) is 0 Å². The largest absolute Gasteiger partial charge is 0.545 e. The highest BCUT2D eigenvalue weighted by Crippen LogP contribution is 2.39. The number of methoxy groups -OCH3 is 1. The number of carboxylic acids is 1. The Labute approximate surface area is 182 Å². The highest BCUT2D eigenvalue weighted by atomic mass is 35.5. The molecule has 0 aromatic heterocycles. The average Bonchev–Trinajstić information content (AvgIpc) is 2.70. The van der Waals surface area contributed by atoms with Gasteiger partial charge < -0.3 is 29.4 Å². The zero-order valence-electron chi connectivity index (χ0n) is 17.1. The number of dihydropyridines is 1. The van der Waals surface area contributed by atoms with Crippen LogP contribution in [0.4, 0.5) is 13.2 Å². The molecule has 170 valence electrons. The van der Waals surface area contributed by atoms with Gasteiger partial charge in [0.1, 0.15) is 18.1 Å². The van der Waals surface area contributed by atoms with Gasteiger partial charge in [0.2, 0.25) is 5.72 Å². The minimum absolute atomic E-state index is 0.0686. The lowest BCUT2D eigenvalue weighted by atomic mass is 10.0. The monoisotopic (exact) mass is 460 g/mol. The van der Waals surface area contributed by atoms with Crippen LogP contribution in [0.25, 0.3) is 6.08 Å².